The first-order valence-electron chi connectivity index (χ1n) is 10.1. The number of aryl methyl sites for hydroxylation is 2. The summed E-state index contributed by atoms with van der Waals surface area (Å²) >= 11 is 7.66. The highest BCUT2D eigenvalue weighted by Crippen LogP contribution is 2.28. The molecule has 0 saturated carbocycles. The van der Waals surface area contributed by atoms with E-state index < -0.39 is 15.9 Å². The molecule has 0 unspecified atom stereocenters. The van der Waals surface area contributed by atoms with Crippen LogP contribution in [0.5, 0.6) is 0 Å². The van der Waals surface area contributed by atoms with Crippen LogP contribution in [-0.4, -0.2) is 36.3 Å². The zero-order valence-corrected chi connectivity index (χ0v) is 20.4. The van der Waals surface area contributed by atoms with Crippen LogP contribution in [0, 0.1) is 6.92 Å². The summed E-state index contributed by atoms with van der Waals surface area (Å²) in [6.45, 7) is 6.72. The molecule has 0 aliphatic carbocycles. The second kappa shape index (κ2) is 9.65. The lowest BCUT2D eigenvalue weighted by Gasteiger charge is -2.20. The summed E-state index contributed by atoms with van der Waals surface area (Å²) in [5, 5.41) is 0.619. The molecule has 2 aromatic carbocycles. The van der Waals surface area contributed by atoms with E-state index in [9.17, 15) is 13.2 Å². The Hall–Kier alpha value is -2.00. The summed E-state index contributed by atoms with van der Waals surface area (Å²) < 4.78 is 29.9. The lowest BCUT2D eigenvalue weighted by atomic mass is 10.2. The van der Waals surface area contributed by atoms with Gasteiger partial charge in [-0.25, -0.2) is 8.42 Å². The fourth-order valence-electron chi connectivity index (χ4n) is 3.36. The normalized spacial score (nSPS) is 12.8. The van der Waals surface area contributed by atoms with Crippen molar-refractivity contribution >= 4 is 49.1 Å². The Balaban J connectivity index is 1.93. The molecule has 1 amide bonds. The van der Waals surface area contributed by atoms with Gasteiger partial charge in [0.1, 0.15) is 0 Å². The van der Waals surface area contributed by atoms with Crippen LogP contribution in [0.2, 0.25) is 5.02 Å². The highest BCUT2D eigenvalue weighted by Gasteiger charge is 2.22. The van der Waals surface area contributed by atoms with Crippen molar-refractivity contribution in [3.05, 3.63) is 57.3 Å². The summed E-state index contributed by atoms with van der Waals surface area (Å²) in [6, 6.07) is 9.73. The Labute approximate surface area is 191 Å². The molecule has 6 nitrogen and oxygen atoms in total. The lowest BCUT2D eigenvalue weighted by molar-refractivity contribution is 0.0998. The van der Waals surface area contributed by atoms with Crippen LogP contribution >= 0.6 is 22.9 Å². The molecule has 1 aromatic heterocycles. The third kappa shape index (κ3) is 4.77. The molecule has 31 heavy (non-hydrogen) atoms. The number of aromatic nitrogens is 1. The zero-order chi connectivity index (χ0) is 22.8. The van der Waals surface area contributed by atoms with Gasteiger partial charge in [-0.1, -0.05) is 49.3 Å². The van der Waals surface area contributed by atoms with Gasteiger partial charge in [-0.2, -0.15) is 9.30 Å². The van der Waals surface area contributed by atoms with Crippen LogP contribution in [0.4, 0.5) is 0 Å². The molecule has 1 heterocycles. The molecular formula is C22H26ClN3O3S2. The van der Waals surface area contributed by atoms with Crippen molar-refractivity contribution in [3.8, 4) is 0 Å². The van der Waals surface area contributed by atoms with Crippen LogP contribution < -0.4 is 4.80 Å². The molecular weight excluding hydrogens is 454 g/mol. The Kier molecular flexibility index (Phi) is 7.36. The molecule has 0 bridgehead atoms. The predicted octanol–water partition coefficient (Wildman–Crippen LogP) is 4.75. The van der Waals surface area contributed by atoms with Crippen LogP contribution in [0.25, 0.3) is 10.2 Å². The number of carbonyl (C=O) groups excluding carboxylic acids is 1. The van der Waals surface area contributed by atoms with Gasteiger partial charge in [0, 0.05) is 25.7 Å². The number of fused-ring (bicyclic) bond motifs is 1. The summed E-state index contributed by atoms with van der Waals surface area (Å²) in [4.78, 5) is 17.7. The number of amides is 1. The van der Waals surface area contributed by atoms with Crippen LogP contribution in [-0.2, 0) is 17.1 Å². The van der Waals surface area contributed by atoms with Crippen molar-refractivity contribution < 1.29 is 13.2 Å². The number of halogens is 1. The average Bonchev–Trinajstić information content (AvgIpc) is 3.08. The summed E-state index contributed by atoms with van der Waals surface area (Å²) in [5.74, 6) is -0.432. The third-order valence-corrected chi connectivity index (χ3v) is 8.73. The molecule has 3 aromatic rings. The van der Waals surface area contributed by atoms with Crippen molar-refractivity contribution in [2.24, 2.45) is 12.0 Å². The Morgan fingerprint density at radius 2 is 1.84 bits per heavy atom. The van der Waals surface area contributed by atoms with Crippen LogP contribution in [0.3, 0.4) is 0 Å². The van der Waals surface area contributed by atoms with Crippen molar-refractivity contribution in [1.29, 1.82) is 0 Å². The monoisotopic (exact) mass is 479 g/mol. The minimum absolute atomic E-state index is 0.178. The minimum atomic E-state index is -3.58. The highest BCUT2D eigenvalue weighted by atomic mass is 35.5. The standard InChI is InChI=1S/C22H26ClN3O3S2/c1-5-7-14-26(6-2)31(28,29)17-11-9-16(10-12-17)21(27)24-22-25(4)19-15(3)8-13-18(23)20(19)30-22/h8-13H,5-7,14H2,1-4H3. The van der Waals surface area contributed by atoms with Gasteiger partial charge in [-0.05, 0) is 49.2 Å². The molecule has 0 saturated heterocycles. The molecule has 166 valence electrons. The van der Waals surface area contributed by atoms with E-state index in [4.69, 9.17) is 11.6 Å². The molecule has 3 rings (SSSR count). The minimum Gasteiger partial charge on any atom is -0.319 e. The first-order chi connectivity index (χ1) is 14.7. The molecule has 0 fully saturated rings. The van der Waals surface area contributed by atoms with Gasteiger partial charge >= 0.3 is 0 Å². The average molecular weight is 480 g/mol. The maximum absolute atomic E-state index is 12.9. The van der Waals surface area contributed by atoms with Gasteiger partial charge < -0.3 is 4.57 Å². The third-order valence-electron chi connectivity index (χ3n) is 5.15. The fraction of sp³-hybridized carbons (Fsp3) is 0.364. The largest absolute Gasteiger partial charge is 0.319 e. The van der Waals surface area contributed by atoms with E-state index in [0.29, 0.717) is 28.5 Å². The molecule has 9 heteroatoms. The van der Waals surface area contributed by atoms with E-state index in [-0.39, 0.29) is 4.90 Å². The van der Waals surface area contributed by atoms with E-state index >= 15 is 0 Å². The molecule has 0 aliphatic heterocycles. The molecule has 0 aliphatic rings. The van der Waals surface area contributed by atoms with Gasteiger partial charge in [0.05, 0.1) is 20.1 Å². The van der Waals surface area contributed by atoms with E-state index in [0.717, 1.165) is 28.6 Å². The first kappa shape index (κ1) is 23.7. The number of hydrogen-bond acceptors (Lipinski definition) is 4. The van der Waals surface area contributed by atoms with Crippen molar-refractivity contribution in [1.82, 2.24) is 8.87 Å². The van der Waals surface area contributed by atoms with Crippen LogP contribution in [0.1, 0.15) is 42.6 Å². The van der Waals surface area contributed by atoms with E-state index in [1.807, 2.05) is 44.5 Å². The van der Waals surface area contributed by atoms with Crippen molar-refractivity contribution in [2.45, 2.75) is 38.5 Å². The maximum Gasteiger partial charge on any atom is 0.279 e. The van der Waals surface area contributed by atoms with E-state index in [1.54, 1.807) is 0 Å². The first-order valence-corrected chi connectivity index (χ1v) is 12.8. The Morgan fingerprint density at radius 1 is 1.16 bits per heavy atom. The van der Waals surface area contributed by atoms with Gasteiger partial charge in [-0.3, -0.25) is 4.79 Å². The second-order valence-electron chi connectivity index (χ2n) is 7.28. The number of sulfonamides is 1. The Bertz CT molecular complexity index is 1280. The highest BCUT2D eigenvalue weighted by molar-refractivity contribution is 7.89. The van der Waals surface area contributed by atoms with Gasteiger partial charge in [0.2, 0.25) is 10.0 Å². The van der Waals surface area contributed by atoms with Crippen molar-refractivity contribution in [2.75, 3.05) is 13.1 Å². The number of rotatable bonds is 7. The number of unbranched alkanes of at least 4 members (excludes halogenated alkanes) is 1. The van der Waals surface area contributed by atoms with Crippen molar-refractivity contribution in [3.63, 3.8) is 0 Å². The number of carbonyl (C=O) groups is 1. The number of benzene rings is 2. The number of thiazole rings is 1. The Morgan fingerprint density at radius 3 is 2.42 bits per heavy atom. The van der Waals surface area contributed by atoms with Gasteiger partial charge in [0.15, 0.2) is 4.80 Å². The SMILES string of the molecule is CCCCN(CC)S(=O)(=O)c1ccc(C(=O)N=c2sc3c(Cl)ccc(C)c3n2C)cc1. The molecule has 0 spiro atoms. The second-order valence-corrected chi connectivity index (χ2v) is 10.6. The summed E-state index contributed by atoms with van der Waals surface area (Å²) in [7, 11) is -1.74. The maximum atomic E-state index is 12.9. The fourth-order valence-corrected chi connectivity index (χ4v) is 6.22. The molecule has 0 atom stereocenters. The number of hydrogen-bond donors (Lipinski definition) is 0. The lowest BCUT2D eigenvalue weighted by Crippen LogP contribution is -2.31. The summed E-state index contributed by atoms with van der Waals surface area (Å²) in [5.41, 5.74) is 2.32. The predicted molar refractivity (Wildman–Crippen MR) is 126 cm³/mol. The van der Waals surface area contributed by atoms with E-state index in [2.05, 4.69) is 4.99 Å². The van der Waals surface area contributed by atoms with E-state index in [1.165, 1.54) is 39.9 Å². The van der Waals surface area contributed by atoms with Gasteiger partial charge in [0.25, 0.3) is 5.91 Å². The molecule has 0 N–H and O–H groups in total. The quantitative estimate of drug-likeness (QED) is 0.490. The summed E-state index contributed by atoms with van der Waals surface area (Å²) in [6.07, 6.45) is 1.72. The smallest absolute Gasteiger partial charge is 0.279 e. The van der Waals surface area contributed by atoms with Crippen LogP contribution in [0.15, 0.2) is 46.3 Å². The van der Waals surface area contributed by atoms with Gasteiger partial charge in [-0.15, -0.1) is 0 Å². The number of nitrogens with zero attached hydrogens (tertiary/aromatic N) is 3. The zero-order valence-electron chi connectivity index (χ0n) is 18.1. The topological polar surface area (TPSA) is 71.7 Å². The molecule has 0 radical (unpaired) electrons.